The van der Waals surface area contributed by atoms with Crippen molar-refractivity contribution in [1.29, 1.82) is 0 Å². The van der Waals surface area contributed by atoms with Crippen LogP contribution in [0.3, 0.4) is 0 Å². The lowest BCUT2D eigenvalue weighted by molar-refractivity contribution is 0.794. The van der Waals surface area contributed by atoms with Crippen molar-refractivity contribution in [2.75, 3.05) is 0 Å². The topological polar surface area (TPSA) is 38.7 Å². The number of hydrogen-bond donors (Lipinski definition) is 0. The molecule has 3 aliphatic carbocycles. The van der Waals surface area contributed by atoms with Gasteiger partial charge in [0.1, 0.15) is 0 Å². The van der Waals surface area contributed by atoms with Crippen LogP contribution < -0.4 is 0 Å². The van der Waals surface area contributed by atoms with Crippen LogP contribution in [0.5, 0.6) is 0 Å². The summed E-state index contributed by atoms with van der Waals surface area (Å²) in [6.45, 7) is 0. The van der Waals surface area contributed by atoms with Gasteiger partial charge in [-0.05, 0) is 130 Å². The van der Waals surface area contributed by atoms with E-state index in [2.05, 4.69) is 186 Å². The fourth-order valence-corrected chi connectivity index (χ4v) is 11.4. The third-order valence-electron chi connectivity index (χ3n) is 13.8. The predicted octanol–water partition coefficient (Wildman–Crippen LogP) is 14.3. The Kier molecular flexibility index (Phi) is 6.49. The van der Waals surface area contributed by atoms with Crippen molar-refractivity contribution in [2.45, 2.75) is 5.41 Å². The highest BCUT2D eigenvalue weighted by Crippen LogP contribution is 2.67. The molecule has 0 N–H and O–H groups in total. The van der Waals surface area contributed by atoms with Gasteiger partial charge in [0.15, 0.2) is 0 Å². The van der Waals surface area contributed by atoms with Crippen LogP contribution in [-0.2, 0) is 5.41 Å². The fourth-order valence-electron chi connectivity index (χ4n) is 11.4. The minimum atomic E-state index is -0.507. The molecule has 0 fully saturated rings. The van der Waals surface area contributed by atoms with E-state index in [1.165, 1.54) is 83.1 Å². The van der Waals surface area contributed by atoms with Gasteiger partial charge in [-0.3, -0.25) is 9.97 Å². The number of benzene rings is 8. The van der Waals surface area contributed by atoms with E-state index in [4.69, 9.17) is 4.98 Å². The van der Waals surface area contributed by atoms with Crippen LogP contribution in [-0.4, -0.2) is 15.0 Å². The summed E-state index contributed by atoms with van der Waals surface area (Å²) in [7, 11) is 0. The molecular weight excluding hydrogens is 739 g/mol. The minimum absolute atomic E-state index is 0.507. The van der Waals surface area contributed by atoms with Crippen LogP contribution in [0.1, 0.15) is 22.3 Å². The van der Waals surface area contributed by atoms with Crippen molar-refractivity contribution in [3.63, 3.8) is 0 Å². The zero-order valence-electron chi connectivity index (χ0n) is 32.9. The average molecular weight is 772 g/mol. The molecular formula is C58H33N3. The monoisotopic (exact) mass is 771 g/mol. The van der Waals surface area contributed by atoms with Crippen molar-refractivity contribution >= 4 is 32.3 Å². The second-order valence-electron chi connectivity index (χ2n) is 16.6. The second-order valence-corrected chi connectivity index (χ2v) is 16.6. The Hall–Kier alpha value is -8.01. The standard InChI is InChI=1S/C58H33N3/c1-4-22-48-38(15-1)39-16-2-5-23-49(39)58(48)50-24-6-3-17-43(50)57-51(58)31-45-42-20-9-13-36-14-10-21-44(54(36)42)56(45)55(57)37-29-52(40-18-7-11-34-25-27-59-32-46(34)40)61-53(30-37)41-19-8-12-35-26-28-60-33-47(35)41/h1-33H. The Morgan fingerprint density at radius 1 is 0.328 bits per heavy atom. The van der Waals surface area contributed by atoms with Gasteiger partial charge in [0.2, 0.25) is 0 Å². The van der Waals surface area contributed by atoms with E-state index >= 15 is 0 Å². The lowest BCUT2D eigenvalue weighted by Crippen LogP contribution is -2.26. The number of rotatable bonds is 3. The maximum atomic E-state index is 5.58. The molecule has 3 aromatic heterocycles. The average Bonchev–Trinajstić information content (AvgIpc) is 3.93. The van der Waals surface area contributed by atoms with E-state index in [9.17, 15) is 0 Å². The van der Waals surface area contributed by atoms with Gasteiger partial charge in [-0.15, -0.1) is 0 Å². The summed E-state index contributed by atoms with van der Waals surface area (Å²) in [5.41, 5.74) is 21.4. The number of nitrogens with zero attached hydrogens (tertiary/aromatic N) is 3. The first-order chi connectivity index (χ1) is 30.3. The van der Waals surface area contributed by atoms with Crippen LogP contribution in [0.25, 0.3) is 110 Å². The van der Waals surface area contributed by atoms with Crippen LogP contribution in [0.2, 0.25) is 0 Å². The normalized spacial score (nSPS) is 13.4. The molecule has 1 spiro atoms. The molecule has 14 rings (SSSR count). The van der Waals surface area contributed by atoms with Crippen molar-refractivity contribution in [3.8, 4) is 78.1 Å². The Bertz CT molecular complexity index is 3570. The molecule has 11 aromatic rings. The third-order valence-corrected chi connectivity index (χ3v) is 13.8. The number of hydrogen-bond acceptors (Lipinski definition) is 3. The van der Waals surface area contributed by atoms with Crippen LogP contribution in [0.15, 0.2) is 201 Å². The largest absolute Gasteiger partial charge is 0.264 e. The summed E-state index contributed by atoms with van der Waals surface area (Å²) in [6, 6.07) is 65.4. The van der Waals surface area contributed by atoms with Gasteiger partial charge in [0.05, 0.1) is 16.8 Å². The number of fused-ring (bicyclic) bond motifs is 15. The molecule has 61 heavy (non-hydrogen) atoms. The Morgan fingerprint density at radius 2 is 0.820 bits per heavy atom. The van der Waals surface area contributed by atoms with Crippen molar-refractivity contribution in [1.82, 2.24) is 15.0 Å². The highest BCUT2D eigenvalue weighted by atomic mass is 14.7. The summed E-state index contributed by atoms with van der Waals surface area (Å²) in [5, 5.41) is 6.98. The maximum Gasteiger partial charge on any atom is 0.0725 e. The Morgan fingerprint density at radius 3 is 1.43 bits per heavy atom. The third kappa shape index (κ3) is 4.24. The van der Waals surface area contributed by atoms with Gasteiger partial charge < -0.3 is 0 Å². The van der Waals surface area contributed by atoms with Crippen molar-refractivity contribution < 1.29 is 0 Å². The smallest absolute Gasteiger partial charge is 0.0725 e. The molecule has 0 atom stereocenters. The van der Waals surface area contributed by atoms with Crippen LogP contribution >= 0.6 is 0 Å². The Balaban J connectivity index is 1.18. The van der Waals surface area contributed by atoms with Crippen LogP contribution in [0, 0.1) is 0 Å². The van der Waals surface area contributed by atoms with E-state index in [0.717, 1.165) is 49.6 Å². The molecule has 3 heteroatoms. The molecule has 0 aliphatic heterocycles. The van der Waals surface area contributed by atoms with Gasteiger partial charge in [-0.25, -0.2) is 4.98 Å². The summed E-state index contributed by atoms with van der Waals surface area (Å²) in [5.74, 6) is 0. The lowest BCUT2D eigenvalue weighted by atomic mass is 9.69. The first kappa shape index (κ1) is 32.9. The molecule has 0 radical (unpaired) electrons. The van der Waals surface area contributed by atoms with Gasteiger partial charge in [-0.2, -0.15) is 0 Å². The van der Waals surface area contributed by atoms with Gasteiger partial charge >= 0.3 is 0 Å². The first-order valence-corrected chi connectivity index (χ1v) is 21.0. The molecule has 0 amide bonds. The molecule has 3 aliphatic rings. The summed E-state index contributed by atoms with van der Waals surface area (Å²) in [4.78, 5) is 14.8. The summed E-state index contributed by atoms with van der Waals surface area (Å²) >= 11 is 0. The first-order valence-electron chi connectivity index (χ1n) is 21.0. The molecule has 0 saturated carbocycles. The van der Waals surface area contributed by atoms with Crippen molar-refractivity contribution in [3.05, 3.63) is 223 Å². The Labute approximate surface area is 352 Å². The van der Waals surface area contributed by atoms with E-state index in [-0.39, 0.29) is 0 Å². The molecule has 280 valence electrons. The lowest BCUT2D eigenvalue weighted by Gasteiger charge is -2.31. The molecule has 0 saturated heterocycles. The SMILES string of the molecule is c1ccc2c(c1)-c1ccccc1C21c2ccccc2-c2c1cc1c(c2-c2cc(-c3cccc4ccncc34)nc(-c3cccc4ccncc34)c2)-c2cccc3cccc-1c23. The van der Waals surface area contributed by atoms with Gasteiger partial charge in [0, 0.05) is 46.7 Å². The maximum absolute atomic E-state index is 5.58. The van der Waals surface area contributed by atoms with Gasteiger partial charge in [-0.1, -0.05) is 146 Å². The highest BCUT2D eigenvalue weighted by molar-refractivity contribution is 6.21. The molecule has 3 nitrogen and oxygen atoms in total. The van der Waals surface area contributed by atoms with E-state index in [0.29, 0.717) is 0 Å². The van der Waals surface area contributed by atoms with E-state index < -0.39 is 5.41 Å². The van der Waals surface area contributed by atoms with E-state index in [1.807, 2.05) is 24.8 Å². The van der Waals surface area contributed by atoms with Crippen LogP contribution in [0.4, 0.5) is 0 Å². The zero-order chi connectivity index (χ0) is 39.8. The molecule has 8 aromatic carbocycles. The minimum Gasteiger partial charge on any atom is -0.264 e. The number of pyridine rings is 3. The van der Waals surface area contributed by atoms with Gasteiger partial charge in [0.25, 0.3) is 0 Å². The fraction of sp³-hybridized carbons (Fsp3) is 0.0172. The molecule has 0 unspecified atom stereocenters. The van der Waals surface area contributed by atoms with Crippen molar-refractivity contribution in [2.24, 2.45) is 0 Å². The number of aromatic nitrogens is 3. The quantitative estimate of drug-likeness (QED) is 0.180. The highest BCUT2D eigenvalue weighted by Gasteiger charge is 2.53. The second kappa shape index (κ2) is 12.0. The molecule has 3 heterocycles. The zero-order valence-corrected chi connectivity index (χ0v) is 32.9. The summed E-state index contributed by atoms with van der Waals surface area (Å²) < 4.78 is 0. The predicted molar refractivity (Wildman–Crippen MR) is 249 cm³/mol. The molecule has 0 bridgehead atoms. The van der Waals surface area contributed by atoms with E-state index in [1.54, 1.807) is 0 Å². The summed E-state index contributed by atoms with van der Waals surface area (Å²) in [6.07, 6.45) is 7.69.